The van der Waals surface area contributed by atoms with Crippen molar-refractivity contribution in [1.82, 2.24) is 10.0 Å². The molecule has 1 unspecified atom stereocenters. The molecule has 0 spiro atoms. The molecular weight excluding hydrogens is 192 g/mol. The van der Waals surface area contributed by atoms with Crippen LogP contribution in [0.25, 0.3) is 0 Å². The SMILES string of the molecule is CC(C)C(C(=O)c1cccnc1)N(C)O. The summed E-state index contributed by atoms with van der Waals surface area (Å²) in [5.41, 5.74) is 0.525. The molecular formula is C11H16N2O2. The largest absolute Gasteiger partial charge is 0.314 e. The van der Waals surface area contributed by atoms with E-state index in [0.29, 0.717) is 5.56 Å². The minimum absolute atomic E-state index is 0.0488. The van der Waals surface area contributed by atoms with Crippen LogP contribution in [0.3, 0.4) is 0 Å². The summed E-state index contributed by atoms with van der Waals surface area (Å²) in [6.07, 6.45) is 3.13. The molecule has 0 saturated carbocycles. The van der Waals surface area contributed by atoms with Crippen molar-refractivity contribution in [2.45, 2.75) is 19.9 Å². The highest BCUT2D eigenvalue weighted by molar-refractivity contribution is 5.99. The molecule has 1 rings (SSSR count). The van der Waals surface area contributed by atoms with Crippen LogP contribution in [0.5, 0.6) is 0 Å². The molecule has 1 atom stereocenters. The van der Waals surface area contributed by atoms with Crippen LogP contribution in [0.1, 0.15) is 24.2 Å². The van der Waals surface area contributed by atoms with Crippen molar-refractivity contribution in [1.29, 1.82) is 0 Å². The zero-order valence-electron chi connectivity index (χ0n) is 9.21. The molecule has 0 aliphatic carbocycles. The summed E-state index contributed by atoms with van der Waals surface area (Å²) in [5, 5.41) is 10.4. The highest BCUT2D eigenvalue weighted by atomic mass is 16.5. The molecule has 4 heteroatoms. The molecule has 4 nitrogen and oxygen atoms in total. The van der Waals surface area contributed by atoms with Crippen molar-refractivity contribution in [2.24, 2.45) is 5.92 Å². The number of rotatable bonds is 4. The molecule has 1 heterocycles. The van der Waals surface area contributed by atoms with Crippen LogP contribution >= 0.6 is 0 Å². The molecule has 0 saturated heterocycles. The Balaban J connectivity index is 2.92. The number of nitrogens with zero attached hydrogens (tertiary/aromatic N) is 2. The molecule has 1 aromatic rings. The first-order chi connectivity index (χ1) is 7.04. The highest BCUT2D eigenvalue weighted by Gasteiger charge is 2.26. The van der Waals surface area contributed by atoms with Gasteiger partial charge in [0.05, 0.1) is 0 Å². The number of hydrogen-bond acceptors (Lipinski definition) is 4. The third-order valence-electron chi connectivity index (χ3n) is 2.25. The lowest BCUT2D eigenvalue weighted by Crippen LogP contribution is -2.40. The molecule has 0 amide bonds. The van der Waals surface area contributed by atoms with Gasteiger partial charge in [-0.2, -0.15) is 5.06 Å². The molecule has 0 aliphatic rings. The van der Waals surface area contributed by atoms with Crippen LogP contribution in [-0.4, -0.2) is 34.1 Å². The van der Waals surface area contributed by atoms with Gasteiger partial charge in [0.15, 0.2) is 5.78 Å². The van der Waals surface area contributed by atoms with E-state index in [2.05, 4.69) is 4.98 Å². The number of carbonyl (C=O) groups is 1. The Morgan fingerprint density at radius 3 is 2.60 bits per heavy atom. The van der Waals surface area contributed by atoms with Crippen LogP contribution < -0.4 is 0 Å². The van der Waals surface area contributed by atoms with E-state index in [1.54, 1.807) is 18.3 Å². The lowest BCUT2D eigenvalue weighted by Gasteiger charge is -2.24. The van der Waals surface area contributed by atoms with Crippen LogP contribution in [0.2, 0.25) is 0 Å². The third-order valence-corrected chi connectivity index (χ3v) is 2.25. The second-order valence-corrected chi connectivity index (χ2v) is 3.87. The van der Waals surface area contributed by atoms with Gasteiger partial charge in [0, 0.05) is 25.0 Å². The van der Waals surface area contributed by atoms with Crippen molar-refractivity contribution in [3.05, 3.63) is 30.1 Å². The van der Waals surface area contributed by atoms with Gasteiger partial charge in [-0.25, -0.2) is 0 Å². The molecule has 0 aromatic carbocycles. The van der Waals surface area contributed by atoms with E-state index in [-0.39, 0.29) is 11.7 Å². The Morgan fingerprint density at radius 2 is 2.20 bits per heavy atom. The minimum Gasteiger partial charge on any atom is -0.314 e. The molecule has 1 N–H and O–H groups in total. The summed E-state index contributed by atoms with van der Waals surface area (Å²) in [6.45, 7) is 3.79. The quantitative estimate of drug-likeness (QED) is 0.603. The summed E-state index contributed by atoms with van der Waals surface area (Å²) >= 11 is 0. The number of carbonyl (C=O) groups excluding carboxylic acids is 1. The Hall–Kier alpha value is -1.26. The minimum atomic E-state index is -0.519. The average Bonchev–Trinajstić information content (AvgIpc) is 2.18. The van der Waals surface area contributed by atoms with E-state index in [4.69, 9.17) is 0 Å². The Kier molecular flexibility index (Phi) is 3.94. The van der Waals surface area contributed by atoms with Crippen LogP contribution in [-0.2, 0) is 0 Å². The van der Waals surface area contributed by atoms with Crippen LogP contribution in [0.15, 0.2) is 24.5 Å². The van der Waals surface area contributed by atoms with E-state index in [0.717, 1.165) is 5.06 Å². The Labute approximate surface area is 89.5 Å². The zero-order chi connectivity index (χ0) is 11.4. The topological polar surface area (TPSA) is 53.4 Å². The van der Waals surface area contributed by atoms with Crippen molar-refractivity contribution in [2.75, 3.05) is 7.05 Å². The molecule has 15 heavy (non-hydrogen) atoms. The lowest BCUT2D eigenvalue weighted by atomic mass is 9.96. The predicted molar refractivity (Wildman–Crippen MR) is 56.7 cm³/mol. The second kappa shape index (κ2) is 5.00. The summed E-state index contributed by atoms with van der Waals surface area (Å²) in [4.78, 5) is 15.9. The second-order valence-electron chi connectivity index (χ2n) is 3.87. The maximum Gasteiger partial charge on any atom is 0.184 e. The van der Waals surface area contributed by atoms with Gasteiger partial charge >= 0.3 is 0 Å². The number of likely N-dealkylation sites (N-methyl/N-ethyl adjacent to an activating group) is 1. The fraction of sp³-hybridized carbons (Fsp3) is 0.455. The van der Waals surface area contributed by atoms with E-state index in [1.807, 2.05) is 13.8 Å². The lowest BCUT2D eigenvalue weighted by molar-refractivity contribution is -0.101. The van der Waals surface area contributed by atoms with Gasteiger partial charge in [0.25, 0.3) is 0 Å². The molecule has 0 bridgehead atoms. The van der Waals surface area contributed by atoms with Crippen molar-refractivity contribution < 1.29 is 10.0 Å². The van der Waals surface area contributed by atoms with Gasteiger partial charge in [-0.15, -0.1) is 0 Å². The maximum atomic E-state index is 12.0. The first-order valence-electron chi connectivity index (χ1n) is 4.90. The summed E-state index contributed by atoms with van der Waals surface area (Å²) < 4.78 is 0. The summed E-state index contributed by atoms with van der Waals surface area (Å²) in [5.74, 6) is -0.0594. The van der Waals surface area contributed by atoms with Crippen molar-refractivity contribution in [3.8, 4) is 0 Å². The fourth-order valence-electron chi connectivity index (χ4n) is 1.58. The Morgan fingerprint density at radius 1 is 1.53 bits per heavy atom. The third kappa shape index (κ3) is 2.84. The number of hydrogen-bond donors (Lipinski definition) is 1. The van der Waals surface area contributed by atoms with Crippen molar-refractivity contribution in [3.63, 3.8) is 0 Å². The number of pyridine rings is 1. The van der Waals surface area contributed by atoms with Crippen LogP contribution in [0, 0.1) is 5.92 Å². The molecule has 1 aromatic heterocycles. The normalized spacial score (nSPS) is 13.2. The van der Waals surface area contributed by atoms with Crippen LogP contribution in [0.4, 0.5) is 0 Å². The maximum absolute atomic E-state index is 12.0. The molecule has 82 valence electrons. The number of Topliss-reactive ketones (excluding diaryl/α,β-unsaturated/α-hetero) is 1. The average molecular weight is 208 g/mol. The van der Waals surface area contributed by atoms with E-state index in [1.165, 1.54) is 13.2 Å². The predicted octanol–water partition coefficient (Wildman–Crippen LogP) is 1.61. The number of hydroxylamine groups is 2. The van der Waals surface area contributed by atoms with E-state index in [9.17, 15) is 10.0 Å². The number of aromatic nitrogens is 1. The van der Waals surface area contributed by atoms with Gasteiger partial charge in [-0.3, -0.25) is 9.78 Å². The first-order valence-corrected chi connectivity index (χ1v) is 4.90. The molecule has 0 fully saturated rings. The standard InChI is InChI=1S/C11H16N2O2/c1-8(2)10(13(3)15)11(14)9-5-4-6-12-7-9/h4-8,10,15H,1-3H3. The van der Waals surface area contributed by atoms with E-state index < -0.39 is 6.04 Å². The number of ketones is 1. The summed E-state index contributed by atoms with van der Waals surface area (Å²) in [6, 6.07) is 2.89. The van der Waals surface area contributed by atoms with Crippen molar-refractivity contribution >= 4 is 5.78 Å². The molecule has 0 radical (unpaired) electrons. The molecule has 0 aliphatic heterocycles. The first kappa shape index (κ1) is 11.8. The fourth-order valence-corrected chi connectivity index (χ4v) is 1.58. The van der Waals surface area contributed by atoms with Gasteiger partial charge in [-0.1, -0.05) is 13.8 Å². The monoisotopic (exact) mass is 208 g/mol. The van der Waals surface area contributed by atoms with Gasteiger partial charge < -0.3 is 5.21 Å². The summed E-state index contributed by atoms with van der Waals surface area (Å²) in [7, 11) is 1.49. The Bertz CT molecular complexity index is 315. The van der Waals surface area contributed by atoms with Gasteiger partial charge in [0.1, 0.15) is 6.04 Å². The zero-order valence-corrected chi connectivity index (χ0v) is 9.21. The highest BCUT2D eigenvalue weighted by Crippen LogP contribution is 2.13. The van der Waals surface area contributed by atoms with E-state index >= 15 is 0 Å². The van der Waals surface area contributed by atoms with Gasteiger partial charge in [-0.05, 0) is 18.1 Å². The van der Waals surface area contributed by atoms with Gasteiger partial charge in [0.2, 0.25) is 0 Å². The smallest absolute Gasteiger partial charge is 0.184 e.